The number of rotatable bonds is 5. The predicted molar refractivity (Wildman–Crippen MR) is 67.9 cm³/mol. The summed E-state index contributed by atoms with van der Waals surface area (Å²) in [5.41, 5.74) is 0. The summed E-state index contributed by atoms with van der Waals surface area (Å²) in [7, 11) is 0. The number of piperidine rings is 1. The van der Waals surface area contributed by atoms with Crippen molar-refractivity contribution >= 4 is 18.2 Å². The van der Waals surface area contributed by atoms with Crippen molar-refractivity contribution in [3.8, 4) is 0 Å². The maximum absolute atomic E-state index is 10.2. The van der Waals surface area contributed by atoms with Crippen LogP contribution in [0.25, 0.3) is 0 Å². The van der Waals surface area contributed by atoms with Gasteiger partial charge in [-0.05, 0) is 19.3 Å². The molecule has 0 aromatic carbocycles. The Labute approximate surface area is 102 Å². The van der Waals surface area contributed by atoms with Gasteiger partial charge in [-0.15, -0.1) is 0 Å². The molecule has 0 saturated carbocycles. The molecule has 0 spiro atoms. The van der Waals surface area contributed by atoms with Crippen molar-refractivity contribution in [2.45, 2.75) is 32.8 Å². The highest BCUT2D eigenvalue weighted by Crippen LogP contribution is 2.25. The number of thioether (sulfide) groups is 1. The van der Waals surface area contributed by atoms with Gasteiger partial charge in [0, 0.05) is 25.9 Å². The van der Waals surface area contributed by atoms with Gasteiger partial charge in [-0.25, -0.2) is 0 Å². The Balaban J connectivity index is 2.42. The van der Waals surface area contributed by atoms with E-state index in [9.17, 15) is 4.79 Å². The van der Waals surface area contributed by atoms with Gasteiger partial charge >= 0.3 is 0 Å². The van der Waals surface area contributed by atoms with Crippen molar-refractivity contribution in [2.24, 2.45) is 0 Å². The molecule has 0 amide bonds. The SMILES string of the molecule is C/C=C\S/C(=C\C)N1CCC(OC=O)CC1. The Morgan fingerprint density at radius 2 is 2.06 bits per heavy atom. The summed E-state index contributed by atoms with van der Waals surface area (Å²) in [6, 6.07) is 0. The first kappa shape index (κ1) is 13.2. The molecule has 1 rings (SSSR count). The summed E-state index contributed by atoms with van der Waals surface area (Å²) in [5.74, 6) is 0. The first-order valence-corrected chi connectivity index (χ1v) is 6.48. The molecule has 90 valence electrons. The van der Waals surface area contributed by atoms with Crippen LogP contribution in [0.2, 0.25) is 0 Å². The number of nitrogens with zero attached hydrogens (tertiary/aromatic N) is 1. The van der Waals surface area contributed by atoms with E-state index < -0.39 is 0 Å². The van der Waals surface area contributed by atoms with Crippen molar-refractivity contribution in [3.63, 3.8) is 0 Å². The van der Waals surface area contributed by atoms with E-state index in [0.717, 1.165) is 25.9 Å². The maximum Gasteiger partial charge on any atom is 0.293 e. The molecule has 3 nitrogen and oxygen atoms in total. The lowest BCUT2D eigenvalue weighted by molar-refractivity contribution is -0.135. The quantitative estimate of drug-likeness (QED) is 0.692. The van der Waals surface area contributed by atoms with Gasteiger partial charge in [-0.1, -0.05) is 23.9 Å². The van der Waals surface area contributed by atoms with E-state index in [-0.39, 0.29) is 6.10 Å². The van der Waals surface area contributed by atoms with Crippen molar-refractivity contribution in [1.82, 2.24) is 4.90 Å². The number of likely N-dealkylation sites (tertiary alicyclic amines) is 1. The Morgan fingerprint density at radius 3 is 2.56 bits per heavy atom. The standard InChI is InChI=1S/C12H19NO2S/c1-3-9-16-12(4-2)13-7-5-11(6-8-13)15-10-14/h3-4,9-11H,5-8H2,1-2H3/b9-3-,12-4-. The molecule has 1 saturated heterocycles. The summed E-state index contributed by atoms with van der Waals surface area (Å²) in [4.78, 5) is 12.6. The fourth-order valence-electron chi connectivity index (χ4n) is 1.75. The van der Waals surface area contributed by atoms with Gasteiger partial charge in [0.05, 0.1) is 5.03 Å². The highest BCUT2D eigenvalue weighted by Gasteiger charge is 2.20. The van der Waals surface area contributed by atoms with E-state index in [2.05, 4.69) is 23.3 Å². The van der Waals surface area contributed by atoms with Crippen molar-refractivity contribution in [2.75, 3.05) is 13.1 Å². The van der Waals surface area contributed by atoms with Crippen LogP contribution in [0.15, 0.2) is 22.6 Å². The third kappa shape index (κ3) is 3.93. The lowest BCUT2D eigenvalue weighted by Gasteiger charge is -2.33. The van der Waals surface area contributed by atoms with Crippen LogP contribution < -0.4 is 0 Å². The second kappa shape index (κ2) is 7.39. The number of allylic oxidation sites excluding steroid dienone is 2. The lowest BCUT2D eigenvalue weighted by Crippen LogP contribution is -2.35. The molecular weight excluding hydrogens is 222 g/mol. The highest BCUT2D eigenvalue weighted by molar-refractivity contribution is 8.05. The Bertz CT molecular complexity index is 268. The van der Waals surface area contributed by atoms with Gasteiger partial charge in [0.15, 0.2) is 0 Å². The van der Waals surface area contributed by atoms with Gasteiger partial charge in [0.1, 0.15) is 6.10 Å². The zero-order chi connectivity index (χ0) is 11.8. The molecule has 0 atom stereocenters. The zero-order valence-electron chi connectivity index (χ0n) is 9.89. The van der Waals surface area contributed by atoms with Gasteiger partial charge < -0.3 is 9.64 Å². The second-order valence-corrected chi connectivity index (χ2v) is 4.56. The minimum absolute atomic E-state index is 0.110. The van der Waals surface area contributed by atoms with Crippen molar-refractivity contribution in [1.29, 1.82) is 0 Å². The largest absolute Gasteiger partial charge is 0.464 e. The fraction of sp³-hybridized carbons (Fsp3) is 0.583. The Hall–Kier alpha value is -0.900. The normalized spacial score (nSPS) is 19.1. The summed E-state index contributed by atoms with van der Waals surface area (Å²) < 4.78 is 4.98. The Morgan fingerprint density at radius 1 is 1.38 bits per heavy atom. The summed E-state index contributed by atoms with van der Waals surface area (Å²) >= 11 is 1.74. The summed E-state index contributed by atoms with van der Waals surface area (Å²) in [5, 5.41) is 3.37. The molecule has 1 aliphatic rings. The van der Waals surface area contributed by atoms with Crippen LogP contribution in [0, 0.1) is 0 Å². The molecule has 0 aromatic rings. The second-order valence-electron chi connectivity index (χ2n) is 3.63. The van der Waals surface area contributed by atoms with Crippen LogP contribution in [-0.4, -0.2) is 30.6 Å². The van der Waals surface area contributed by atoms with Crippen LogP contribution in [-0.2, 0) is 9.53 Å². The third-order valence-corrected chi connectivity index (χ3v) is 3.72. The van der Waals surface area contributed by atoms with Crippen LogP contribution in [0.1, 0.15) is 26.7 Å². The zero-order valence-corrected chi connectivity index (χ0v) is 10.7. The van der Waals surface area contributed by atoms with E-state index in [1.54, 1.807) is 11.8 Å². The fourth-order valence-corrected chi connectivity index (χ4v) is 2.50. The van der Waals surface area contributed by atoms with Gasteiger partial charge in [-0.2, -0.15) is 0 Å². The van der Waals surface area contributed by atoms with E-state index >= 15 is 0 Å². The number of ether oxygens (including phenoxy) is 1. The third-order valence-electron chi connectivity index (χ3n) is 2.57. The van der Waals surface area contributed by atoms with E-state index in [4.69, 9.17) is 4.74 Å². The first-order valence-electron chi connectivity index (χ1n) is 5.60. The van der Waals surface area contributed by atoms with Crippen molar-refractivity contribution < 1.29 is 9.53 Å². The predicted octanol–water partition coefficient (Wildman–Crippen LogP) is 2.75. The molecule has 1 aliphatic heterocycles. The average Bonchev–Trinajstić information content (AvgIpc) is 2.32. The molecule has 4 heteroatoms. The number of hydrogen-bond donors (Lipinski definition) is 0. The van der Waals surface area contributed by atoms with Gasteiger partial charge in [0.25, 0.3) is 6.47 Å². The van der Waals surface area contributed by atoms with Gasteiger partial charge in [0.2, 0.25) is 0 Å². The minimum Gasteiger partial charge on any atom is -0.464 e. The molecule has 0 radical (unpaired) electrons. The van der Waals surface area contributed by atoms with Gasteiger partial charge in [-0.3, -0.25) is 4.79 Å². The first-order chi connectivity index (χ1) is 7.81. The van der Waals surface area contributed by atoms with Crippen molar-refractivity contribution in [3.05, 3.63) is 22.6 Å². The lowest BCUT2D eigenvalue weighted by atomic mass is 10.1. The molecule has 0 bridgehead atoms. The molecule has 0 aliphatic carbocycles. The molecule has 1 heterocycles. The molecule has 1 fully saturated rings. The smallest absolute Gasteiger partial charge is 0.293 e. The topological polar surface area (TPSA) is 29.5 Å². The summed E-state index contributed by atoms with van der Waals surface area (Å²) in [6.07, 6.45) is 6.12. The monoisotopic (exact) mass is 241 g/mol. The van der Waals surface area contributed by atoms with E-state index in [1.807, 2.05) is 13.0 Å². The highest BCUT2D eigenvalue weighted by atomic mass is 32.2. The van der Waals surface area contributed by atoms with Crippen LogP contribution in [0.5, 0.6) is 0 Å². The van der Waals surface area contributed by atoms with E-state index in [0.29, 0.717) is 6.47 Å². The summed E-state index contributed by atoms with van der Waals surface area (Å²) in [6.45, 7) is 6.56. The molecule has 16 heavy (non-hydrogen) atoms. The van der Waals surface area contributed by atoms with Crippen LogP contribution >= 0.6 is 11.8 Å². The van der Waals surface area contributed by atoms with Crippen LogP contribution in [0.3, 0.4) is 0 Å². The van der Waals surface area contributed by atoms with E-state index in [1.165, 1.54) is 5.03 Å². The minimum atomic E-state index is 0.110. The molecule has 0 N–H and O–H groups in total. The molecule has 0 unspecified atom stereocenters. The van der Waals surface area contributed by atoms with Crippen LogP contribution in [0.4, 0.5) is 0 Å². The molecular formula is C12H19NO2S. The number of carbonyl (C=O) groups excluding carboxylic acids is 1. The average molecular weight is 241 g/mol. The maximum atomic E-state index is 10.2. The number of carbonyl (C=O) groups is 1. The molecule has 0 aromatic heterocycles. The number of hydrogen-bond acceptors (Lipinski definition) is 4. The Kier molecular flexibility index (Phi) is 6.08.